The van der Waals surface area contributed by atoms with Gasteiger partial charge in [-0.3, -0.25) is 4.79 Å². The fraction of sp³-hybridized carbons (Fsp3) is 0.429. The van der Waals surface area contributed by atoms with Crippen molar-refractivity contribution in [2.45, 2.75) is 33.1 Å². The third kappa shape index (κ3) is 6.47. The Morgan fingerprint density at radius 2 is 1.84 bits per heavy atom. The van der Waals surface area contributed by atoms with Crippen LogP contribution in [0.25, 0.3) is 0 Å². The van der Waals surface area contributed by atoms with Crippen LogP contribution >= 0.6 is 0 Å². The number of anilines is 1. The normalized spacial score (nSPS) is 11.3. The minimum absolute atomic E-state index is 0. The maximum absolute atomic E-state index is 11.6. The van der Waals surface area contributed by atoms with Crippen LogP contribution in [0.3, 0.4) is 0 Å². The fourth-order valence-corrected chi connectivity index (χ4v) is 1.45. The maximum atomic E-state index is 11.6. The second-order valence-electron chi connectivity index (χ2n) is 4.37. The number of aryl methyl sites for hydroxylation is 1. The van der Waals surface area contributed by atoms with Crippen LogP contribution < -0.4 is 29.3 Å². The van der Waals surface area contributed by atoms with Crippen molar-refractivity contribution in [2.75, 3.05) is 5.32 Å². The van der Waals surface area contributed by atoms with Crippen molar-refractivity contribution in [3.8, 4) is 0 Å². The van der Waals surface area contributed by atoms with Gasteiger partial charge in [0.1, 0.15) is 0 Å². The predicted molar refractivity (Wildman–Crippen MR) is 67.9 cm³/mol. The summed E-state index contributed by atoms with van der Waals surface area (Å²) in [6, 6.07) is 7.19. The first-order chi connectivity index (χ1) is 8.52. The Kier molecular flexibility index (Phi) is 8.21. The number of carbonyl (C=O) groups is 2. The van der Waals surface area contributed by atoms with Gasteiger partial charge in [-0.25, -0.2) is 0 Å². The quantitative estimate of drug-likeness (QED) is 0.620. The van der Waals surface area contributed by atoms with Gasteiger partial charge in [0.15, 0.2) is 0 Å². The minimum atomic E-state index is -1.05. The molecule has 5 heteroatoms. The molecule has 1 aromatic rings. The summed E-state index contributed by atoms with van der Waals surface area (Å²) in [6.07, 6.45) is 1.26. The molecule has 0 aromatic heterocycles. The van der Waals surface area contributed by atoms with Crippen molar-refractivity contribution >= 4 is 17.6 Å². The maximum Gasteiger partial charge on any atom is 1.00 e. The number of carboxylic acid groups (broad SMARTS) is 1. The van der Waals surface area contributed by atoms with Crippen molar-refractivity contribution in [1.82, 2.24) is 0 Å². The van der Waals surface area contributed by atoms with Crippen LogP contribution in [0, 0.1) is 5.92 Å². The monoisotopic (exact) mass is 255 g/mol. The number of nitrogens with one attached hydrogen (secondary N) is 1. The van der Waals surface area contributed by atoms with Crippen LogP contribution in [-0.4, -0.2) is 11.9 Å². The molecule has 1 aromatic carbocycles. The molecular weight excluding hydrogens is 237 g/mol. The average Bonchev–Trinajstić information content (AvgIpc) is 2.36. The molecule has 0 spiro atoms. The number of rotatable bonds is 6. The fourth-order valence-electron chi connectivity index (χ4n) is 1.45. The average molecular weight is 255 g/mol. The summed E-state index contributed by atoms with van der Waals surface area (Å²) in [6.45, 7) is 3.84. The van der Waals surface area contributed by atoms with E-state index in [0.29, 0.717) is 6.42 Å². The first-order valence-corrected chi connectivity index (χ1v) is 6.12. The number of amides is 1. The smallest absolute Gasteiger partial charge is 0.550 e. The predicted octanol–water partition coefficient (Wildman–Crippen LogP) is -1.64. The summed E-state index contributed by atoms with van der Waals surface area (Å²) in [5.74, 6) is -1.06. The van der Waals surface area contributed by atoms with Gasteiger partial charge in [0, 0.05) is 17.6 Å². The van der Waals surface area contributed by atoms with Crippen LogP contribution in [0.5, 0.6) is 0 Å². The van der Waals surface area contributed by atoms with Gasteiger partial charge in [0.25, 0.3) is 0 Å². The van der Waals surface area contributed by atoms with Crippen molar-refractivity contribution in [2.24, 2.45) is 5.92 Å². The Morgan fingerprint density at radius 3 is 2.32 bits per heavy atom. The molecule has 1 atom stereocenters. The van der Waals surface area contributed by atoms with Crippen LogP contribution in [0.1, 0.15) is 32.3 Å². The molecule has 1 amide bonds. The Morgan fingerprint density at radius 1 is 1.26 bits per heavy atom. The second kappa shape index (κ2) is 8.79. The van der Waals surface area contributed by atoms with Crippen molar-refractivity contribution in [3.05, 3.63) is 29.8 Å². The van der Waals surface area contributed by atoms with E-state index in [0.717, 1.165) is 17.7 Å². The molecule has 0 fully saturated rings. The van der Waals surface area contributed by atoms with Crippen LogP contribution in [0.15, 0.2) is 24.3 Å². The van der Waals surface area contributed by atoms with E-state index in [1.54, 1.807) is 12.1 Å². The van der Waals surface area contributed by atoms with E-state index in [4.69, 9.17) is 0 Å². The SMILES string of the molecule is CCC(C)C(=O)Nc1ccc(CCC(=O)[O-])cc1.[Li+]. The summed E-state index contributed by atoms with van der Waals surface area (Å²) in [4.78, 5) is 22.0. The molecule has 0 saturated heterocycles. The van der Waals surface area contributed by atoms with Crippen LogP contribution in [-0.2, 0) is 16.0 Å². The largest absolute Gasteiger partial charge is 1.00 e. The van der Waals surface area contributed by atoms with Gasteiger partial charge >= 0.3 is 18.9 Å². The van der Waals surface area contributed by atoms with E-state index in [-0.39, 0.29) is 37.1 Å². The topological polar surface area (TPSA) is 69.2 Å². The molecule has 1 unspecified atom stereocenters. The van der Waals surface area contributed by atoms with E-state index in [9.17, 15) is 14.7 Å². The number of hydrogen-bond acceptors (Lipinski definition) is 3. The molecule has 0 saturated carbocycles. The van der Waals surface area contributed by atoms with Gasteiger partial charge in [-0.1, -0.05) is 26.0 Å². The van der Waals surface area contributed by atoms with E-state index >= 15 is 0 Å². The van der Waals surface area contributed by atoms with E-state index < -0.39 is 5.97 Å². The first-order valence-electron chi connectivity index (χ1n) is 6.12. The molecule has 98 valence electrons. The molecule has 0 bridgehead atoms. The van der Waals surface area contributed by atoms with Crippen LogP contribution in [0.4, 0.5) is 5.69 Å². The molecule has 1 N–H and O–H groups in total. The number of benzene rings is 1. The number of carbonyl (C=O) groups excluding carboxylic acids is 2. The Hall–Kier alpha value is -1.24. The molecule has 0 aliphatic carbocycles. The molecule has 0 aliphatic heterocycles. The van der Waals surface area contributed by atoms with Gasteiger partial charge in [0.05, 0.1) is 0 Å². The van der Waals surface area contributed by atoms with Crippen molar-refractivity contribution in [3.63, 3.8) is 0 Å². The second-order valence-corrected chi connectivity index (χ2v) is 4.37. The van der Waals surface area contributed by atoms with Gasteiger partial charge in [0.2, 0.25) is 5.91 Å². The third-order valence-corrected chi connectivity index (χ3v) is 2.90. The molecule has 0 aliphatic rings. The van der Waals surface area contributed by atoms with E-state index in [1.165, 1.54) is 0 Å². The molecular formula is C14H18LiNO3. The molecule has 0 radical (unpaired) electrons. The van der Waals surface area contributed by atoms with Gasteiger partial charge < -0.3 is 15.2 Å². The minimum Gasteiger partial charge on any atom is -0.550 e. The first kappa shape index (κ1) is 17.8. The Bertz CT molecular complexity index is 417. The van der Waals surface area contributed by atoms with Gasteiger partial charge in [-0.15, -0.1) is 0 Å². The van der Waals surface area contributed by atoms with Gasteiger partial charge in [-0.05, 0) is 37.0 Å². The summed E-state index contributed by atoms with van der Waals surface area (Å²) < 4.78 is 0. The molecule has 1 rings (SSSR count). The Balaban J connectivity index is 0.00000324. The van der Waals surface area contributed by atoms with E-state index in [2.05, 4.69) is 5.32 Å². The number of hydrogen-bond donors (Lipinski definition) is 1. The van der Waals surface area contributed by atoms with E-state index in [1.807, 2.05) is 26.0 Å². The third-order valence-electron chi connectivity index (χ3n) is 2.90. The summed E-state index contributed by atoms with van der Waals surface area (Å²) >= 11 is 0. The van der Waals surface area contributed by atoms with Crippen LogP contribution in [0.2, 0.25) is 0 Å². The van der Waals surface area contributed by atoms with Crippen molar-refractivity contribution < 1.29 is 33.6 Å². The summed E-state index contributed by atoms with van der Waals surface area (Å²) in [5.41, 5.74) is 1.65. The summed E-state index contributed by atoms with van der Waals surface area (Å²) in [7, 11) is 0. The molecule has 4 nitrogen and oxygen atoms in total. The summed E-state index contributed by atoms with van der Waals surface area (Å²) in [5, 5.41) is 13.1. The molecule has 19 heavy (non-hydrogen) atoms. The van der Waals surface area contributed by atoms with Gasteiger partial charge in [-0.2, -0.15) is 0 Å². The number of aliphatic carboxylic acids is 1. The number of carboxylic acids is 1. The Labute approximate surface area is 125 Å². The van der Waals surface area contributed by atoms with Crippen molar-refractivity contribution in [1.29, 1.82) is 0 Å². The molecule has 0 heterocycles. The zero-order valence-electron chi connectivity index (χ0n) is 11.7. The zero-order valence-corrected chi connectivity index (χ0v) is 11.7. The zero-order chi connectivity index (χ0) is 13.5. The standard InChI is InChI=1S/C14H19NO3.Li/c1-3-10(2)14(18)15-12-7-4-11(5-8-12)6-9-13(16)17;/h4-5,7-8,10H,3,6,9H2,1-2H3,(H,15,18)(H,16,17);/q;+1/p-1.